The van der Waals surface area contributed by atoms with Crippen molar-refractivity contribution < 1.29 is 13.6 Å². The van der Waals surface area contributed by atoms with Gasteiger partial charge in [-0.25, -0.2) is 14.2 Å². The van der Waals surface area contributed by atoms with Crippen LogP contribution in [0.4, 0.5) is 8.78 Å². The molecule has 0 bridgehead atoms. The standard InChI is InChI=1S/C14H8Cl2F2N2O/c15-9-4-5-10(11(16)6-9)14(21)20-19-7-8-2-1-3-12(17)13(8)18/h1-7H,(H,20,21)/b19-7+. The summed E-state index contributed by atoms with van der Waals surface area (Å²) in [5.41, 5.74) is 2.25. The maximum absolute atomic E-state index is 13.3. The molecular weight excluding hydrogens is 321 g/mol. The van der Waals surface area contributed by atoms with Crippen LogP contribution in [0.3, 0.4) is 0 Å². The Morgan fingerprint density at radius 3 is 2.67 bits per heavy atom. The number of benzene rings is 2. The molecule has 1 N–H and O–H groups in total. The predicted molar refractivity (Wildman–Crippen MR) is 77.9 cm³/mol. The van der Waals surface area contributed by atoms with Crippen LogP contribution in [0.25, 0.3) is 0 Å². The van der Waals surface area contributed by atoms with Crippen LogP contribution in [-0.2, 0) is 0 Å². The first-order valence-corrected chi connectivity index (χ1v) is 6.47. The fraction of sp³-hybridized carbons (Fsp3) is 0. The summed E-state index contributed by atoms with van der Waals surface area (Å²) >= 11 is 11.6. The number of hydrazone groups is 1. The zero-order valence-corrected chi connectivity index (χ0v) is 11.9. The molecule has 0 unspecified atom stereocenters. The summed E-state index contributed by atoms with van der Waals surface area (Å²) in [6.07, 6.45) is 1.00. The predicted octanol–water partition coefficient (Wildman–Crippen LogP) is 4.04. The molecule has 21 heavy (non-hydrogen) atoms. The minimum absolute atomic E-state index is 0.0856. The number of halogens is 4. The quantitative estimate of drug-likeness (QED) is 0.670. The molecule has 0 aliphatic heterocycles. The second-order valence-corrected chi connectivity index (χ2v) is 4.81. The van der Waals surface area contributed by atoms with Crippen molar-refractivity contribution in [3.63, 3.8) is 0 Å². The third kappa shape index (κ3) is 3.77. The Kier molecular flexibility index (Phi) is 4.88. The Morgan fingerprint density at radius 1 is 1.19 bits per heavy atom. The Hall–Kier alpha value is -1.98. The zero-order valence-electron chi connectivity index (χ0n) is 10.4. The number of hydrogen-bond acceptors (Lipinski definition) is 2. The van der Waals surface area contributed by atoms with E-state index in [4.69, 9.17) is 23.2 Å². The average molecular weight is 329 g/mol. The maximum atomic E-state index is 13.3. The van der Waals surface area contributed by atoms with Crippen molar-refractivity contribution in [1.29, 1.82) is 0 Å². The van der Waals surface area contributed by atoms with Gasteiger partial charge < -0.3 is 0 Å². The number of nitrogens with one attached hydrogen (secondary N) is 1. The number of carbonyl (C=O) groups is 1. The van der Waals surface area contributed by atoms with E-state index < -0.39 is 17.5 Å². The van der Waals surface area contributed by atoms with Gasteiger partial charge in [0.25, 0.3) is 5.91 Å². The van der Waals surface area contributed by atoms with E-state index in [1.165, 1.54) is 30.3 Å². The van der Waals surface area contributed by atoms with Crippen LogP contribution < -0.4 is 5.43 Å². The third-order valence-corrected chi connectivity index (χ3v) is 3.07. The van der Waals surface area contributed by atoms with Gasteiger partial charge in [-0.2, -0.15) is 5.10 Å². The number of rotatable bonds is 3. The van der Waals surface area contributed by atoms with Crippen LogP contribution in [0.15, 0.2) is 41.5 Å². The molecule has 1 amide bonds. The van der Waals surface area contributed by atoms with Crippen molar-refractivity contribution in [3.05, 3.63) is 69.2 Å². The molecule has 3 nitrogen and oxygen atoms in total. The molecule has 2 rings (SSSR count). The molecule has 0 saturated carbocycles. The van der Waals surface area contributed by atoms with E-state index in [1.807, 2.05) is 0 Å². The molecule has 0 aliphatic rings. The van der Waals surface area contributed by atoms with Gasteiger partial charge in [-0.1, -0.05) is 35.3 Å². The molecule has 0 aliphatic carbocycles. The number of amides is 1. The SMILES string of the molecule is O=C(N/N=C/c1cccc(F)c1F)c1ccc(Cl)cc1Cl. The lowest BCUT2D eigenvalue weighted by Gasteiger charge is -2.03. The molecule has 0 saturated heterocycles. The summed E-state index contributed by atoms with van der Waals surface area (Å²) in [4.78, 5) is 11.8. The van der Waals surface area contributed by atoms with Crippen molar-refractivity contribution in [2.24, 2.45) is 5.10 Å². The highest BCUT2D eigenvalue weighted by Crippen LogP contribution is 2.20. The van der Waals surface area contributed by atoms with Gasteiger partial charge in [-0.15, -0.1) is 0 Å². The Labute approximate surface area is 129 Å². The van der Waals surface area contributed by atoms with E-state index in [9.17, 15) is 13.6 Å². The Balaban J connectivity index is 2.10. The lowest BCUT2D eigenvalue weighted by Crippen LogP contribution is -2.18. The Bertz CT molecular complexity index is 720. The van der Waals surface area contributed by atoms with Gasteiger partial charge in [-0.05, 0) is 24.3 Å². The van der Waals surface area contributed by atoms with E-state index in [0.29, 0.717) is 5.02 Å². The van der Waals surface area contributed by atoms with E-state index in [1.54, 1.807) is 0 Å². The molecule has 0 fully saturated rings. The number of nitrogens with zero attached hydrogens (tertiary/aromatic N) is 1. The Morgan fingerprint density at radius 2 is 1.95 bits per heavy atom. The fourth-order valence-electron chi connectivity index (χ4n) is 1.51. The highest BCUT2D eigenvalue weighted by molar-refractivity contribution is 6.36. The van der Waals surface area contributed by atoms with Crippen LogP contribution in [0.5, 0.6) is 0 Å². The van der Waals surface area contributed by atoms with Gasteiger partial charge >= 0.3 is 0 Å². The second-order valence-electron chi connectivity index (χ2n) is 3.97. The van der Waals surface area contributed by atoms with Gasteiger partial charge in [0.2, 0.25) is 0 Å². The van der Waals surface area contributed by atoms with Crippen LogP contribution in [0, 0.1) is 11.6 Å². The van der Waals surface area contributed by atoms with Crippen molar-refractivity contribution in [2.45, 2.75) is 0 Å². The van der Waals surface area contributed by atoms with Gasteiger partial charge in [-0.3, -0.25) is 4.79 Å². The average Bonchev–Trinajstić information content (AvgIpc) is 2.43. The van der Waals surface area contributed by atoms with Gasteiger partial charge in [0, 0.05) is 10.6 Å². The normalized spacial score (nSPS) is 10.9. The van der Waals surface area contributed by atoms with E-state index in [0.717, 1.165) is 12.3 Å². The molecular formula is C14H8Cl2F2N2O. The fourth-order valence-corrected chi connectivity index (χ4v) is 2.01. The van der Waals surface area contributed by atoms with Gasteiger partial charge in [0.05, 0.1) is 16.8 Å². The molecule has 0 atom stereocenters. The monoisotopic (exact) mass is 328 g/mol. The van der Waals surface area contributed by atoms with E-state index >= 15 is 0 Å². The van der Waals surface area contributed by atoms with Gasteiger partial charge in [0.1, 0.15) is 0 Å². The van der Waals surface area contributed by atoms with Crippen LogP contribution in [0.1, 0.15) is 15.9 Å². The lowest BCUT2D eigenvalue weighted by atomic mass is 10.2. The topological polar surface area (TPSA) is 41.5 Å². The van der Waals surface area contributed by atoms with Crippen LogP contribution >= 0.6 is 23.2 Å². The molecule has 108 valence electrons. The molecule has 0 radical (unpaired) electrons. The van der Waals surface area contributed by atoms with Crippen molar-refractivity contribution >= 4 is 35.3 Å². The number of hydrogen-bond donors (Lipinski definition) is 1. The van der Waals surface area contributed by atoms with Crippen molar-refractivity contribution in [1.82, 2.24) is 5.43 Å². The molecule has 0 spiro atoms. The molecule has 2 aromatic rings. The molecule has 0 heterocycles. The molecule has 0 aromatic heterocycles. The largest absolute Gasteiger partial charge is 0.272 e. The van der Waals surface area contributed by atoms with Gasteiger partial charge in [0.15, 0.2) is 11.6 Å². The minimum atomic E-state index is -1.04. The van der Waals surface area contributed by atoms with Crippen molar-refractivity contribution in [2.75, 3.05) is 0 Å². The summed E-state index contributed by atoms with van der Waals surface area (Å²) in [6.45, 7) is 0. The minimum Gasteiger partial charge on any atom is -0.267 e. The van der Waals surface area contributed by atoms with Crippen LogP contribution in [0.2, 0.25) is 10.0 Å². The summed E-state index contributed by atoms with van der Waals surface area (Å²) in [6, 6.07) is 7.98. The highest BCUT2D eigenvalue weighted by atomic mass is 35.5. The third-order valence-electron chi connectivity index (χ3n) is 2.53. The van der Waals surface area contributed by atoms with E-state index in [2.05, 4.69) is 10.5 Å². The van der Waals surface area contributed by atoms with Crippen molar-refractivity contribution in [3.8, 4) is 0 Å². The number of carbonyl (C=O) groups excluding carboxylic acids is 1. The first kappa shape index (κ1) is 15.4. The van der Waals surface area contributed by atoms with Crippen LogP contribution in [-0.4, -0.2) is 12.1 Å². The molecule has 7 heteroatoms. The summed E-state index contributed by atoms with van der Waals surface area (Å²) in [5, 5.41) is 4.11. The zero-order chi connectivity index (χ0) is 15.4. The summed E-state index contributed by atoms with van der Waals surface area (Å²) < 4.78 is 26.3. The first-order chi connectivity index (χ1) is 9.99. The smallest absolute Gasteiger partial charge is 0.267 e. The first-order valence-electron chi connectivity index (χ1n) is 5.71. The summed E-state index contributed by atoms with van der Waals surface area (Å²) in [7, 11) is 0. The van der Waals surface area contributed by atoms with E-state index in [-0.39, 0.29) is 16.1 Å². The molecule has 2 aromatic carbocycles. The summed E-state index contributed by atoms with van der Waals surface area (Å²) in [5.74, 6) is -2.63. The lowest BCUT2D eigenvalue weighted by molar-refractivity contribution is 0.0955. The highest BCUT2D eigenvalue weighted by Gasteiger charge is 2.10. The second kappa shape index (κ2) is 6.65. The maximum Gasteiger partial charge on any atom is 0.272 e.